The molecular weight excluding hydrogens is 170 g/mol. The molecule has 0 spiro atoms. The molecule has 0 fully saturated rings. The van der Waals surface area contributed by atoms with Gasteiger partial charge < -0.3 is 9.72 Å². The van der Waals surface area contributed by atoms with Crippen LogP contribution < -0.4 is 10.3 Å². The van der Waals surface area contributed by atoms with Gasteiger partial charge in [0.2, 0.25) is 5.88 Å². The molecule has 2 heterocycles. The Morgan fingerprint density at radius 3 is 3.08 bits per heavy atom. The van der Waals surface area contributed by atoms with Crippen molar-refractivity contribution in [2.75, 3.05) is 7.11 Å². The lowest BCUT2D eigenvalue weighted by Crippen LogP contribution is -2.07. The summed E-state index contributed by atoms with van der Waals surface area (Å²) in [5, 5.41) is 0.461. The Morgan fingerprint density at radius 1 is 1.46 bits per heavy atom. The molecule has 2 aromatic heterocycles. The zero-order valence-corrected chi connectivity index (χ0v) is 6.94. The SMILES string of the molecule is COc1ccc2c(=O)[nH]cnc2n1. The summed E-state index contributed by atoms with van der Waals surface area (Å²) in [7, 11) is 1.52. The van der Waals surface area contributed by atoms with E-state index in [0.29, 0.717) is 16.9 Å². The van der Waals surface area contributed by atoms with Crippen LogP contribution in [0.5, 0.6) is 5.88 Å². The van der Waals surface area contributed by atoms with E-state index < -0.39 is 0 Å². The summed E-state index contributed by atoms with van der Waals surface area (Å²) < 4.78 is 4.90. The van der Waals surface area contributed by atoms with Gasteiger partial charge >= 0.3 is 0 Å². The number of aromatic amines is 1. The van der Waals surface area contributed by atoms with Crippen LogP contribution in [0.25, 0.3) is 11.0 Å². The highest BCUT2D eigenvalue weighted by molar-refractivity contribution is 5.73. The maximum atomic E-state index is 11.2. The van der Waals surface area contributed by atoms with Crippen molar-refractivity contribution < 1.29 is 4.74 Å². The highest BCUT2D eigenvalue weighted by atomic mass is 16.5. The quantitative estimate of drug-likeness (QED) is 0.681. The van der Waals surface area contributed by atoms with Gasteiger partial charge in [-0.3, -0.25) is 4.79 Å². The molecule has 0 aliphatic heterocycles. The van der Waals surface area contributed by atoms with Gasteiger partial charge in [-0.1, -0.05) is 0 Å². The molecule has 1 N–H and O–H groups in total. The normalized spacial score (nSPS) is 10.2. The Morgan fingerprint density at radius 2 is 2.31 bits per heavy atom. The minimum Gasteiger partial charge on any atom is -0.481 e. The van der Waals surface area contributed by atoms with Crippen molar-refractivity contribution in [2.24, 2.45) is 0 Å². The molecule has 2 aromatic rings. The third-order valence-corrected chi connectivity index (χ3v) is 1.69. The van der Waals surface area contributed by atoms with Crippen LogP contribution in [0.3, 0.4) is 0 Å². The summed E-state index contributed by atoms with van der Waals surface area (Å²) in [5.74, 6) is 0.450. The molecule has 13 heavy (non-hydrogen) atoms. The van der Waals surface area contributed by atoms with E-state index in [1.54, 1.807) is 12.1 Å². The topological polar surface area (TPSA) is 67.9 Å². The van der Waals surface area contributed by atoms with Crippen molar-refractivity contribution in [3.05, 3.63) is 28.8 Å². The molecule has 5 heteroatoms. The van der Waals surface area contributed by atoms with Gasteiger partial charge in [0.05, 0.1) is 18.8 Å². The molecule has 0 radical (unpaired) electrons. The van der Waals surface area contributed by atoms with Gasteiger partial charge in [0.25, 0.3) is 5.56 Å². The Labute approximate surface area is 73.4 Å². The highest BCUT2D eigenvalue weighted by Crippen LogP contribution is 2.09. The number of hydrogen-bond donors (Lipinski definition) is 1. The number of methoxy groups -OCH3 is 1. The lowest BCUT2D eigenvalue weighted by molar-refractivity contribution is 0.399. The van der Waals surface area contributed by atoms with Gasteiger partial charge in [-0.05, 0) is 6.07 Å². The second kappa shape index (κ2) is 2.85. The first-order chi connectivity index (χ1) is 6.31. The molecule has 0 aliphatic rings. The van der Waals surface area contributed by atoms with Gasteiger partial charge in [-0.2, -0.15) is 4.98 Å². The van der Waals surface area contributed by atoms with Gasteiger partial charge in [0.1, 0.15) is 0 Å². The summed E-state index contributed by atoms with van der Waals surface area (Å²) in [5.41, 5.74) is 0.197. The number of fused-ring (bicyclic) bond motifs is 1. The van der Waals surface area contributed by atoms with E-state index in [1.165, 1.54) is 13.4 Å². The largest absolute Gasteiger partial charge is 0.481 e. The van der Waals surface area contributed by atoms with E-state index in [1.807, 2.05) is 0 Å². The predicted octanol–water partition coefficient (Wildman–Crippen LogP) is 0.327. The number of ether oxygens (including phenoxy) is 1. The van der Waals surface area contributed by atoms with Crippen molar-refractivity contribution in [3.63, 3.8) is 0 Å². The number of H-pyrrole nitrogens is 1. The fraction of sp³-hybridized carbons (Fsp3) is 0.125. The smallest absolute Gasteiger partial charge is 0.260 e. The van der Waals surface area contributed by atoms with Gasteiger partial charge in [0, 0.05) is 6.07 Å². The molecule has 0 saturated carbocycles. The molecule has 0 saturated heterocycles. The van der Waals surface area contributed by atoms with Crippen molar-refractivity contribution in [2.45, 2.75) is 0 Å². The third-order valence-electron chi connectivity index (χ3n) is 1.69. The lowest BCUT2D eigenvalue weighted by atomic mass is 10.3. The van der Waals surface area contributed by atoms with Gasteiger partial charge in [0.15, 0.2) is 5.65 Å². The van der Waals surface area contributed by atoms with Crippen LogP contribution in [-0.4, -0.2) is 22.1 Å². The molecule has 0 unspecified atom stereocenters. The molecule has 66 valence electrons. The fourth-order valence-corrected chi connectivity index (χ4v) is 1.05. The summed E-state index contributed by atoms with van der Waals surface area (Å²) in [6.45, 7) is 0. The maximum Gasteiger partial charge on any atom is 0.260 e. The number of rotatable bonds is 1. The molecule has 0 bridgehead atoms. The van der Waals surface area contributed by atoms with Crippen LogP contribution in [0.1, 0.15) is 0 Å². The Bertz CT molecular complexity index is 492. The van der Waals surface area contributed by atoms with Crippen LogP contribution in [0.15, 0.2) is 23.3 Å². The number of nitrogens with zero attached hydrogens (tertiary/aromatic N) is 2. The predicted molar refractivity (Wildman–Crippen MR) is 46.7 cm³/mol. The van der Waals surface area contributed by atoms with Crippen LogP contribution >= 0.6 is 0 Å². The first-order valence-electron chi connectivity index (χ1n) is 3.69. The Balaban J connectivity index is 2.80. The summed E-state index contributed by atoms with van der Waals surface area (Å²) in [6, 6.07) is 3.26. The van der Waals surface area contributed by atoms with Crippen molar-refractivity contribution in [3.8, 4) is 5.88 Å². The fourth-order valence-electron chi connectivity index (χ4n) is 1.05. The molecule has 0 aliphatic carbocycles. The monoisotopic (exact) mass is 177 g/mol. The molecule has 0 atom stereocenters. The second-order valence-electron chi connectivity index (χ2n) is 2.46. The second-order valence-corrected chi connectivity index (χ2v) is 2.46. The van der Waals surface area contributed by atoms with Gasteiger partial charge in [-0.25, -0.2) is 4.98 Å². The zero-order chi connectivity index (χ0) is 9.26. The Kier molecular flexibility index (Phi) is 1.70. The molecular formula is C8H7N3O2. The van der Waals surface area contributed by atoms with Crippen molar-refractivity contribution in [1.29, 1.82) is 0 Å². The van der Waals surface area contributed by atoms with Crippen LogP contribution in [0.4, 0.5) is 0 Å². The van der Waals surface area contributed by atoms with Crippen LogP contribution in [0, 0.1) is 0 Å². The van der Waals surface area contributed by atoms with E-state index in [9.17, 15) is 4.79 Å². The summed E-state index contributed by atoms with van der Waals surface area (Å²) in [4.78, 5) is 21.6. The van der Waals surface area contributed by atoms with Crippen LogP contribution in [0.2, 0.25) is 0 Å². The van der Waals surface area contributed by atoms with E-state index in [0.717, 1.165) is 0 Å². The Hall–Kier alpha value is -1.91. The third kappa shape index (κ3) is 1.24. The van der Waals surface area contributed by atoms with Crippen molar-refractivity contribution >= 4 is 11.0 Å². The first-order valence-corrected chi connectivity index (χ1v) is 3.69. The maximum absolute atomic E-state index is 11.2. The minimum atomic E-state index is -0.194. The van der Waals surface area contributed by atoms with E-state index >= 15 is 0 Å². The minimum absolute atomic E-state index is 0.194. The highest BCUT2D eigenvalue weighted by Gasteiger charge is 2.01. The molecule has 0 aromatic carbocycles. The van der Waals surface area contributed by atoms with Crippen LogP contribution in [-0.2, 0) is 0 Å². The average Bonchev–Trinajstić information content (AvgIpc) is 2.18. The number of nitrogens with one attached hydrogen (secondary N) is 1. The molecule has 5 nitrogen and oxygen atoms in total. The van der Waals surface area contributed by atoms with E-state index in [2.05, 4.69) is 15.0 Å². The molecule has 2 rings (SSSR count). The zero-order valence-electron chi connectivity index (χ0n) is 6.94. The standard InChI is InChI=1S/C8H7N3O2/c1-13-6-3-2-5-7(11-6)9-4-10-8(5)12/h2-4H,1H3,(H,9,10,11,12). The average molecular weight is 177 g/mol. The first kappa shape index (κ1) is 7.72. The molecule has 0 amide bonds. The number of aromatic nitrogens is 3. The van der Waals surface area contributed by atoms with E-state index in [-0.39, 0.29) is 5.56 Å². The number of hydrogen-bond acceptors (Lipinski definition) is 4. The summed E-state index contributed by atoms with van der Waals surface area (Å²) in [6.07, 6.45) is 1.32. The van der Waals surface area contributed by atoms with Gasteiger partial charge in [-0.15, -0.1) is 0 Å². The summed E-state index contributed by atoms with van der Waals surface area (Å²) >= 11 is 0. The lowest BCUT2D eigenvalue weighted by Gasteiger charge is -1.98. The van der Waals surface area contributed by atoms with E-state index in [4.69, 9.17) is 4.74 Å². The number of pyridine rings is 1. The van der Waals surface area contributed by atoms with Crippen molar-refractivity contribution in [1.82, 2.24) is 15.0 Å².